The van der Waals surface area contributed by atoms with Gasteiger partial charge in [0.25, 0.3) is 0 Å². The molecule has 0 amide bonds. The molecule has 0 aliphatic carbocycles. The van der Waals surface area contributed by atoms with Gasteiger partial charge in [0.05, 0.1) is 6.61 Å². The molecule has 0 N–H and O–H groups in total. The number of ketones is 1. The Bertz CT molecular complexity index is 1270. The van der Waals surface area contributed by atoms with E-state index in [2.05, 4.69) is 0 Å². The molecule has 1 heterocycles. The van der Waals surface area contributed by atoms with Gasteiger partial charge >= 0.3 is 0 Å². The third-order valence-corrected chi connectivity index (χ3v) is 6.10. The summed E-state index contributed by atoms with van der Waals surface area (Å²) in [6, 6.07) is 18.3. The molecule has 4 aromatic rings. The number of halogens is 4. The molecule has 34 heavy (non-hydrogen) atoms. The number of aromatic nitrogens is 2. The number of Topliss-reactive ketones (excluding diaryl/α,β-unsaturated/α-hetero) is 1. The van der Waals surface area contributed by atoms with E-state index in [0.717, 1.165) is 11.1 Å². The smallest absolute Gasteiger partial charge is 0.244 e. The average Bonchev–Trinajstić information content (AvgIpc) is 3.25. The lowest BCUT2D eigenvalue weighted by Crippen LogP contribution is -2.36. The Hall–Kier alpha value is -2.70. The first kappa shape index (κ1) is 24.4. The van der Waals surface area contributed by atoms with Gasteiger partial charge in [-0.1, -0.05) is 53.0 Å². The number of carbonyl (C=O) groups is 1. The van der Waals surface area contributed by atoms with Crippen LogP contribution in [0.1, 0.15) is 27.6 Å². The van der Waals surface area contributed by atoms with Crippen molar-refractivity contribution < 1.29 is 18.5 Å². The third kappa shape index (κ3) is 6.45. The monoisotopic (exact) mass is 517 g/mol. The molecule has 0 radical (unpaired) electrons. The minimum atomic E-state index is -0.374. The zero-order chi connectivity index (χ0) is 24.1. The van der Waals surface area contributed by atoms with Crippen LogP contribution in [-0.4, -0.2) is 10.4 Å². The topological polar surface area (TPSA) is 35.1 Å². The highest BCUT2D eigenvalue weighted by Crippen LogP contribution is 2.30. The van der Waals surface area contributed by atoms with Crippen molar-refractivity contribution in [2.75, 3.05) is 0 Å². The predicted molar refractivity (Wildman–Crippen MR) is 131 cm³/mol. The summed E-state index contributed by atoms with van der Waals surface area (Å²) in [6.07, 6.45) is 5.12. The van der Waals surface area contributed by atoms with E-state index in [1.54, 1.807) is 22.9 Å². The van der Waals surface area contributed by atoms with Crippen LogP contribution >= 0.6 is 34.8 Å². The lowest BCUT2D eigenvalue weighted by molar-refractivity contribution is -0.682. The molecule has 0 bridgehead atoms. The molecule has 8 heteroatoms. The summed E-state index contributed by atoms with van der Waals surface area (Å²) in [6.45, 7) is 0.967. The van der Waals surface area contributed by atoms with Crippen molar-refractivity contribution in [1.29, 1.82) is 0 Å². The number of imidazole rings is 1. The molecule has 0 spiro atoms. The Labute approximate surface area is 212 Å². The number of hydrogen-bond donors (Lipinski definition) is 0. The van der Waals surface area contributed by atoms with Crippen molar-refractivity contribution in [1.82, 2.24) is 4.57 Å². The molecule has 4 rings (SSSR count). The van der Waals surface area contributed by atoms with Crippen LogP contribution in [0.2, 0.25) is 15.1 Å². The van der Waals surface area contributed by atoms with E-state index in [1.165, 1.54) is 24.3 Å². The fourth-order valence-electron chi connectivity index (χ4n) is 3.51. The summed E-state index contributed by atoms with van der Waals surface area (Å²) in [4.78, 5) is 12.5. The fourth-order valence-corrected chi connectivity index (χ4v) is 4.16. The summed E-state index contributed by atoms with van der Waals surface area (Å²) in [5.74, 6) is -0.486. The first-order valence-electron chi connectivity index (χ1n) is 10.5. The SMILES string of the molecule is O=C(C[n+]1ccn(CC(OCc2ccc(Cl)cc2)c2ccc(Cl)cc2Cl)c1)c1ccc(F)cc1. The molecule has 1 aromatic heterocycles. The molecular formula is C26H21Cl3FN2O2+. The van der Waals surface area contributed by atoms with Gasteiger partial charge in [0.2, 0.25) is 12.1 Å². The minimum absolute atomic E-state index is 0.112. The first-order valence-corrected chi connectivity index (χ1v) is 11.7. The van der Waals surface area contributed by atoms with Crippen molar-refractivity contribution in [3.05, 3.63) is 123 Å². The van der Waals surface area contributed by atoms with Crippen LogP contribution in [0, 0.1) is 5.82 Å². The molecule has 3 aromatic carbocycles. The Morgan fingerprint density at radius 2 is 1.68 bits per heavy atom. The van der Waals surface area contributed by atoms with Crippen LogP contribution in [0.4, 0.5) is 4.39 Å². The Kier molecular flexibility index (Phi) is 8.01. The van der Waals surface area contributed by atoms with Crippen LogP contribution < -0.4 is 4.57 Å². The summed E-state index contributed by atoms with van der Waals surface area (Å²) < 4.78 is 23.1. The highest BCUT2D eigenvalue weighted by atomic mass is 35.5. The van der Waals surface area contributed by atoms with Crippen molar-refractivity contribution in [2.24, 2.45) is 0 Å². The van der Waals surface area contributed by atoms with Crippen LogP contribution in [-0.2, 0) is 24.4 Å². The van der Waals surface area contributed by atoms with E-state index in [-0.39, 0.29) is 24.2 Å². The number of ether oxygens (including phenoxy) is 1. The lowest BCUT2D eigenvalue weighted by Gasteiger charge is -2.18. The number of hydrogen-bond acceptors (Lipinski definition) is 2. The second-order valence-electron chi connectivity index (χ2n) is 7.80. The maximum atomic E-state index is 13.1. The number of nitrogens with zero attached hydrogens (tertiary/aromatic N) is 2. The molecule has 4 nitrogen and oxygen atoms in total. The van der Waals surface area contributed by atoms with Crippen LogP contribution in [0.3, 0.4) is 0 Å². The zero-order valence-corrected chi connectivity index (χ0v) is 20.3. The lowest BCUT2D eigenvalue weighted by atomic mass is 10.1. The highest BCUT2D eigenvalue weighted by Gasteiger charge is 2.21. The Balaban J connectivity index is 1.49. The van der Waals surface area contributed by atoms with Crippen molar-refractivity contribution in [2.45, 2.75) is 25.8 Å². The second kappa shape index (κ2) is 11.2. The molecule has 0 aliphatic heterocycles. The minimum Gasteiger partial charge on any atom is -0.365 e. The molecule has 0 aliphatic rings. The Morgan fingerprint density at radius 3 is 2.38 bits per heavy atom. The zero-order valence-electron chi connectivity index (χ0n) is 18.0. The molecule has 174 valence electrons. The Morgan fingerprint density at radius 1 is 0.971 bits per heavy atom. The number of benzene rings is 3. The van der Waals surface area contributed by atoms with E-state index >= 15 is 0 Å². The average molecular weight is 519 g/mol. The van der Waals surface area contributed by atoms with Gasteiger partial charge in [-0.25, -0.2) is 13.5 Å². The van der Waals surface area contributed by atoms with Crippen LogP contribution in [0.5, 0.6) is 0 Å². The van der Waals surface area contributed by atoms with Crippen LogP contribution in [0.15, 0.2) is 85.5 Å². The van der Waals surface area contributed by atoms with E-state index in [4.69, 9.17) is 39.5 Å². The quantitative estimate of drug-likeness (QED) is 0.182. The molecule has 1 atom stereocenters. The summed E-state index contributed by atoms with van der Waals surface area (Å²) in [5, 5.41) is 1.72. The van der Waals surface area contributed by atoms with Crippen LogP contribution in [0.25, 0.3) is 0 Å². The molecule has 0 saturated heterocycles. The maximum absolute atomic E-state index is 13.1. The summed E-state index contributed by atoms with van der Waals surface area (Å²) >= 11 is 18.5. The van der Waals surface area contributed by atoms with E-state index < -0.39 is 0 Å². The molecule has 0 saturated carbocycles. The molecule has 1 unspecified atom stereocenters. The van der Waals surface area contributed by atoms with Crippen molar-refractivity contribution >= 4 is 40.6 Å². The van der Waals surface area contributed by atoms with Gasteiger partial charge in [-0.3, -0.25) is 4.79 Å². The normalized spacial score (nSPS) is 12.0. The number of carbonyl (C=O) groups excluding carboxylic acids is 1. The van der Waals surface area contributed by atoms with Gasteiger partial charge < -0.3 is 4.74 Å². The van der Waals surface area contributed by atoms with Gasteiger partial charge in [-0.05, 0) is 54.1 Å². The maximum Gasteiger partial charge on any atom is 0.244 e. The van der Waals surface area contributed by atoms with Crippen molar-refractivity contribution in [3.8, 4) is 0 Å². The van der Waals surface area contributed by atoms with Gasteiger partial charge in [0.15, 0.2) is 6.54 Å². The van der Waals surface area contributed by atoms with E-state index in [9.17, 15) is 9.18 Å². The predicted octanol–water partition coefficient (Wildman–Crippen LogP) is 6.72. The summed E-state index contributed by atoms with van der Waals surface area (Å²) in [7, 11) is 0. The van der Waals surface area contributed by atoms with E-state index in [0.29, 0.717) is 33.8 Å². The molecule has 0 fully saturated rings. The highest BCUT2D eigenvalue weighted by molar-refractivity contribution is 6.35. The number of rotatable bonds is 9. The van der Waals surface area contributed by atoms with Gasteiger partial charge in [0.1, 0.15) is 30.9 Å². The van der Waals surface area contributed by atoms with Gasteiger partial charge in [-0.15, -0.1) is 0 Å². The standard InChI is InChI=1S/C26H21Cl3FN2O2/c27-20-5-1-18(2-6-20)16-34-26(23-10-7-21(28)13-24(23)29)15-32-12-11-31(17-32)14-25(33)19-3-8-22(30)9-4-19/h1-13,17,26H,14-16H2/q+1. The largest absolute Gasteiger partial charge is 0.365 e. The second-order valence-corrected chi connectivity index (χ2v) is 9.08. The third-order valence-electron chi connectivity index (χ3n) is 5.29. The first-order chi connectivity index (χ1) is 16.4. The van der Waals surface area contributed by atoms with E-state index in [1.807, 2.05) is 47.4 Å². The van der Waals surface area contributed by atoms with Crippen molar-refractivity contribution in [3.63, 3.8) is 0 Å². The summed E-state index contributed by atoms with van der Waals surface area (Å²) in [5.41, 5.74) is 2.24. The van der Waals surface area contributed by atoms with Gasteiger partial charge in [0, 0.05) is 26.2 Å². The fraction of sp³-hybridized carbons (Fsp3) is 0.154. The van der Waals surface area contributed by atoms with Gasteiger partial charge in [-0.2, -0.15) is 0 Å². The molecular weight excluding hydrogens is 498 g/mol.